The number of piperidine rings is 1. The van der Waals surface area contributed by atoms with Gasteiger partial charge in [0, 0.05) is 30.2 Å². The van der Waals surface area contributed by atoms with Gasteiger partial charge in [-0.25, -0.2) is 4.98 Å². The number of ether oxygens (including phenoxy) is 1. The molecule has 1 atom stereocenters. The molecule has 9 heteroatoms. The van der Waals surface area contributed by atoms with Crippen molar-refractivity contribution in [3.05, 3.63) is 35.4 Å². The summed E-state index contributed by atoms with van der Waals surface area (Å²) in [7, 11) is 1.49. The van der Waals surface area contributed by atoms with Crippen LogP contribution < -0.4 is 15.8 Å². The Kier molecular flexibility index (Phi) is 3.98. The van der Waals surface area contributed by atoms with Crippen LogP contribution in [-0.2, 0) is 16.1 Å². The molecule has 3 N–H and O–H groups in total. The van der Waals surface area contributed by atoms with Crippen molar-refractivity contribution >= 4 is 23.7 Å². The van der Waals surface area contributed by atoms with Gasteiger partial charge in [-0.3, -0.25) is 19.7 Å². The zero-order valence-electron chi connectivity index (χ0n) is 14.6. The Balaban J connectivity index is 1.64. The Morgan fingerprint density at radius 2 is 2.04 bits per heavy atom. The summed E-state index contributed by atoms with van der Waals surface area (Å²) < 4.78 is 5.12. The molecule has 2 aliphatic heterocycles. The van der Waals surface area contributed by atoms with Crippen LogP contribution in [0.25, 0.3) is 11.3 Å². The first-order chi connectivity index (χ1) is 13.0. The fourth-order valence-corrected chi connectivity index (χ4v) is 3.43. The lowest BCUT2D eigenvalue weighted by molar-refractivity contribution is -0.136. The SMILES string of the molecule is COc1cc(-c2ccc3c(c2)CN(C2CCC(=O)NC2=O)C3=O)nc(N)n1. The summed E-state index contributed by atoms with van der Waals surface area (Å²) in [6.07, 6.45) is 0.554. The van der Waals surface area contributed by atoms with Crippen LogP contribution in [0.2, 0.25) is 0 Å². The third-order valence-electron chi connectivity index (χ3n) is 4.75. The van der Waals surface area contributed by atoms with Crippen LogP contribution in [0.4, 0.5) is 5.95 Å². The fraction of sp³-hybridized carbons (Fsp3) is 0.278. The summed E-state index contributed by atoms with van der Waals surface area (Å²) >= 11 is 0. The molecule has 0 bridgehead atoms. The van der Waals surface area contributed by atoms with Crippen molar-refractivity contribution in [1.29, 1.82) is 0 Å². The van der Waals surface area contributed by atoms with Crippen LogP contribution >= 0.6 is 0 Å². The normalized spacial score (nSPS) is 19.1. The first kappa shape index (κ1) is 17.0. The number of amides is 3. The standard InChI is InChI=1S/C18H17N5O4/c1-27-15-7-12(20-18(19)22-15)9-2-3-11-10(6-9)8-23(17(11)26)13-4-5-14(24)21-16(13)25/h2-3,6-7,13H,4-5,8H2,1H3,(H2,19,20,22)(H,21,24,25). The summed E-state index contributed by atoms with van der Waals surface area (Å²) in [6.45, 7) is 0.298. The summed E-state index contributed by atoms with van der Waals surface area (Å²) in [6, 6.07) is 6.35. The highest BCUT2D eigenvalue weighted by molar-refractivity contribution is 6.05. The fourth-order valence-electron chi connectivity index (χ4n) is 3.43. The number of nitrogens with two attached hydrogens (primary N) is 1. The molecule has 0 radical (unpaired) electrons. The second-order valence-electron chi connectivity index (χ2n) is 6.43. The van der Waals surface area contributed by atoms with Crippen molar-refractivity contribution in [2.24, 2.45) is 0 Å². The number of benzene rings is 1. The third-order valence-corrected chi connectivity index (χ3v) is 4.75. The number of carbonyl (C=O) groups excluding carboxylic acids is 3. The van der Waals surface area contributed by atoms with Gasteiger partial charge in [0.1, 0.15) is 6.04 Å². The average Bonchev–Trinajstić information content (AvgIpc) is 2.97. The molecular formula is C18H17N5O4. The average molecular weight is 367 g/mol. The number of imide groups is 1. The largest absolute Gasteiger partial charge is 0.481 e. The van der Waals surface area contributed by atoms with E-state index in [4.69, 9.17) is 10.5 Å². The lowest BCUT2D eigenvalue weighted by Gasteiger charge is -2.29. The van der Waals surface area contributed by atoms with E-state index in [0.717, 1.165) is 11.1 Å². The molecule has 4 rings (SSSR count). The van der Waals surface area contributed by atoms with Gasteiger partial charge in [0.05, 0.1) is 12.8 Å². The van der Waals surface area contributed by atoms with E-state index in [9.17, 15) is 14.4 Å². The van der Waals surface area contributed by atoms with Crippen LogP contribution in [0.1, 0.15) is 28.8 Å². The molecule has 3 heterocycles. The highest BCUT2D eigenvalue weighted by atomic mass is 16.5. The highest BCUT2D eigenvalue weighted by Crippen LogP contribution is 2.31. The number of aromatic nitrogens is 2. The molecule has 1 aromatic carbocycles. The molecule has 9 nitrogen and oxygen atoms in total. The van der Waals surface area contributed by atoms with Gasteiger partial charge in [-0.15, -0.1) is 0 Å². The summed E-state index contributed by atoms with van der Waals surface area (Å²) in [5, 5.41) is 2.29. The summed E-state index contributed by atoms with van der Waals surface area (Å²) in [4.78, 5) is 45.9. The number of hydrogen-bond donors (Lipinski definition) is 2. The van der Waals surface area contributed by atoms with Gasteiger partial charge >= 0.3 is 0 Å². The summed E-state index contributed by atoms with van der Waals surface area (Å²) in [5.41, 5.74) is 8.39. The molecule has 3 amide bonds. The summed E-state index contributed by atoms with van der Waals surface area (Å²) in [5.74, 6) is -0.518. The molecule has 2 aliphatic rings. The monoisotopic (exact) mass is 367 g/mol. The zero-order chi connectivity index (χ0) is 19.1. The maximum Gasteiger partial charge on any atom is 0.255 e. The topological polar surface area (TPSA) is 128 Å². The molecule has 0 spiro atoms. The van der Waals surface area contributed by atoms with Crippen molar-refractivity contribution in [2.45, 2.75) is 25.4 Å². The second kappa shape index (κ2) is 6.35. The van der Waals surface area contributed by atoms with Gasteiger partial charge in [-0.1, -0.05) is 6.07 Å². The second-order valence-corrected chi connectivity index (χ2v) is 6.43. The van der Waals surface area contributed by atoms with Gasteiger partial charge in [-0.2, -0.15) is 4.98 Å². The van der Waals surface area contributed by atoms with Gasteiger partial charge in [0.15, 0.2) is 0 Å². The zero-order valence-corrected chi connectivity index (χ0v) is 14.6. The number of methoxy groups -OCH3 is 1. The van der Waals surface area contributed by atoms with E-state index in [0.29, 0.717) is 30.1 Å². The van der Waals surface area contributed by atoms with E-state index < -0.39 is 11.9 Å². The minimum Gasteiger partial charge on any atom is -0.481 e. The van der Waals surface area contributed by atoms with Crippen molar-refractivity contribution in [3.8, 4) is 17.1 Å². The molecule has 1 saturated heterocycles. The minimum atomic E-state index is -0.638. The Bertz CT molecular complexity index is 974. The number of rotatable bonds is 3. The van der Waals surface area contributed by atoms with Crippen molar-refractivity contribution < 1.29 is 19.1 Å². The van der Waals surface area contributed by atoms with Crippen molar-refractivity contribution in [1.82, 2.24) is 20.2 Å². The molecule has 138 valence electrons. The molecule has 1 fully saturated rings. The van der Waals surface area contributed by atoms with Gasteiger partial charge < -0.3 is 15.4 Å². The minimum absolute atomic E-state index is 0.0890. The van der Waals surface area contributed by atoms with Crippen LogP contribution in [-0.4, -0.2) is 45.7 Å². The number of carbonyl (C=O) groups is 3. The van der Waals surface area contributed by atoms with E-state index >= 15 is 0 Å². The number of nitrogen functional groups attached to an aromatic ring is 1. The highest BCUT2D eigenvalue weighted by Gasteiger charge is 2.39. The van der Waals surface area contributed by atoms with Crippen LogP contribution in [0, 0.1) is 0 Å². The van der Waals surface area contributed by atoms with Gasteiger partial charge in [0.25, 0.3) is 5.91 Å². The predicted octanol–water partition coefficient (Wildman–Crippen LogP) is 0.495. The Labute approximate surface area is 154 Å². The number of hydrogen-bond acceptors (Lipinski definition) is 7. The quantitative estimate of drug-likeness (QED) is 0.756. The molecule has 2 aromatic rings. The molecule has 0 aliphatic carbocycles. The molecule has 1 unspecified atom stereocenters. The smallest absolute Gasteiger partial charge is 0.255 e. The maximum absolute atomic E-state index is 12.7. The Hall–Kier alpha value is -3.49. The Morgan fingerprint density at radius 1 is 1.22 bits per heavy atom. The lowest BCUT2D eigenvalue weighted by atomic mass is 10.0. The van der Waals surface area contributed by atoms with Crippen LogP contribution in [0.3, 0.4) is 0 Å². The van der Waals surface area contributed by atoms with Crippen molar-refractivity contribution in [2.75, 3.05) is 12.8 Å². The first-order valence-corrected chi connectivity index (χ1v) is 8.43. The van der Waals surface area contributed by atoms with Crippen LogP contribution in [0.15, 0.2) is 24.3 Å². The Morgan fingerprint density at radius 3 is 2.78 bits per heavy atom. The predicted molar refractivity (Wildman–Crippen MR) is 94.5 cm³/mol. The number of fused-ring (bicyclic) bond motifs is 1. The molecule has 1 aromatic heterocycles. The van der Waals surface area contributed by atoms with E-state index in [1.54, 1.807) is 18.2 Å². The number of nitrogens with one attached hydrogen (secondary N) is 1. The van der Waals surface area contributed by atoms with Gasteiger partial charge in [0.2, 0.25) is 23.6 Å². The van der Waals surface area contributed by atoms with Crippen LogP contribution in [0.5, 0.6) is 5.88 Å². The molecule has 0 saturated carbocycles. The van der Waals surface area contributed by atoms with E-state index in [1.807, 2.05) is 6.07 Å². The lowest BCUT2D eigenvalue weighted by Crippen LogP contribution is -2.52. The number of anilines is 1. The third kappa shape index (κ3) is 2.97. The van der Waals surface area contributed by atoms with Gasteiger partial charge in [-0.05, 0) is 24.1 Å². The molecular weight excluding hydrogens is 350 g/mol. The van der Waals surface area contributed by atoms with E-state index in [1.165, 1.54) is 12.0 Å². The van der Waals surface area contributed by atoms with E-state index in [-0.39, 0.29) is 24.2 Å². The van der Waals surface area contributed by atoms with E-state index in [2.05, 4.69) is 15.3 Å². The van der Waals surface area contributed by atoms with Crippen molar-refractivity contribution in [3.63, 3.8) is 0 Å². The maximum atomic E-state index is 12.7. The number of nitrogens with zero attached hydrogens (tertiary/aromatic N) is 3. The first-order valence-electron chi connectivity index (χ1n) is 8.43. The molecule has 27 heavy (non-hydrogen) atoms.